The zero-order valence-electron chi connectivity index (χ0n) is 10.4. The summed E-state index contributed by atoms with van der Waals surface area (Å²) in [5, 5.41) is 21.6. The highest BCUT2D eigenvalue weighted by molar-refractivity contribution is 5.82. The first-order chi connectivity index (χ1) is 8.09. The van der Waals surface area contributed by atoms with E-state index < -0.39 is 5.41 Å². The minimum atomic E-state index is -0.479. The number of nitrogens with zero attached hydrogens (tertiary/aromatic N) is 1. The van der Waals surface area contributed by atoms with Gasteiger partial charge in [-0.1, -0.05) is 6.92 Å². The van der Waals surface area contributed by atoms with Gasteiger partial charge in [-0.2, -0.15) is 0 Å². The molecule has 2 heterocycles. The Morgan fingerprint density at radius 3 is 2.82 bits per heavy atom. The molecular weight excluding hydrogens is 220 g/mol. The van der Waals surface area contributed by atoms with E-state index in [4.69, 9.17) is 0 Å². The topological polar surface area (TPSA) is 72.8 Å². The second-order valence-electron chi connectivity index (χ2n) is 5.66. The summed E-state index contributed by atoms with van der Waals surface area (Å²) < 4.78 is 0. The number of piperidine rings is 1. The molecule has 3 N–H and O–H groups in total. The molecule has 2 fully saturated rings. The van der Waals surface area contributed by atoms with Crippen molar-refractivity contribution >= 4 is 5.91 Å². The van der Waals surface area contributed by atoms with E-state index in [1.165, 1.54) is 0 Å². The molecule has 0 aromatic heterocycles. The summed E-state index contributed by atoms with van der Waals surface area (Å²) in [5.74, 6) is 0.264. The lowest BCUT2D eigenvalue weighted by Crippen LogP contribution is -2.51. The number of carbonyl (C=O) groups is 1. The van der Waals surface area contributed by atoms with Gasteiger partial charge in [0.15, 0.2) is 0 Å². The minimum absolute atomic E-state index is 0.0290. The number of aliphatic hydroxyl groups is 2. The molecule has 0 spiro atoms. The third-order valence-corrected chi connectivity index (χ3v) is 4.06. The number of carbonyl (C=O) groups excluding carboxylic acids is 1. The van der Waals surface area contributed by atoms with Gasteiger partial charge in [0.2, 0.25) is 5.91 Å². The Balaban J connectivity index is 2.03. The van der Waals surface area contributed by atoms with Crippen molar-refractivity contribution in [2.45, 2.75) is 25.8 Å². The largest absolute Gasteiger partial charge is 0.396 e. The van der Waals surface area contributed by atoms with Crippen LogP contribution in [0, 0.1) is 11.3 Å². The third kappa shape index (κ3) is 2.46. The van der Waals surface area contributed by atoms with Gasteiger partial charge in [-0.05, 0) is 19.4 Å². The molecule has 2 atom stereocenters. The maximum atomic E-state index is 11.6. The molecule has 2 rings (SSSR count). The summed E-state index contributed by atoms with van der Waals surface area (Å²) in [4.78, 5) is 13.9. The lowest BCUT2D eigenvalue weighted by molar-refractivity contribution is -0.124. The lowest BCUT2D eigenvalue weighted by Gasteiger charge is -2.40. The lowest BCUT2D eigenvalue weighted by atomic mass is 9.86. The van der Waals surface area contributed by atoms with Crippen molar-refractivity contribution in [1.29, 1.82) is 0 Å². The second-order valence-corrected chi connectivity index (χ2v) is 5.66. The van der Waals surface area contributed by atoms with Gasteiger partial charge in [0.05, 0.1) is 19.1 Å². The maximum absolute atomic E-state index is 11.6. The number of fused-ring (bicyclic) bond motifs is 1. The Morgan fingerprint density at radius 1 is 1.47 bits per heavy atom. The normalized spacial score (nSPS) is 30.2. The fourth-order valence-corrected chi connectivity index (χ4v) is 2.88. The van der Waals surface area contributed by atoms with Gasteiger partial charge < -0.3 is 15.5 Å². The van der Waals surface area contributed by atoms with Crippen LogP contribution in [0.4, 0.5) is 0 Å². The molecule has 1 amide bonds. The predicted molar refractivity (Wildman–Crippen MR) is 63.4 cm³/mol. The highest BCUT2D eigenvalue weighted by atomic mass is 16.3. The molecule has 0 bridgehead atoms. The van der Waals surface area contributed by atoms with E-state index >= 15 is 0 Å². The van der Waals surface area contributed by atoms with Crippen molar-refractivity contribution in [2.24, 2.45) is 11.3 Å². The zero-order valence-corrected chi connectivity index (χ0v) is 10.4. The van der Waals surface area contributed by atoms with Crippen LogP contribution in [-0.4, -0.2) is 59.9 Å². The average molecular weight is 242 g/mol. The highest BCUT2D eigenvalue weighted by Gasteiger charge is 2.42. The molecule has 2 aliphatic rings. The minimum Gasteiger partial charge on any atom is -0.396 e. The van der Waals surface area contributed by atoms with Crippen molar-refractivity contribution < 1.29 is 15.0 Å². The van der Waals surface area contributed by atoms with Crippen LogP contribution in [-0.2, 0) is 4.79 Å². The van der Waals surface area contributed by atoms with E-state index in [-0.39, 0.29) is 31.1 Å². The van der Waals surface area contributed by atoms with E-state index in [0.29, 0.717) is 13.1 Å². The van der Waals surface area contributed by atoms with Crippen molar-refractivity contribution in [3.63, 3.8) is 0 Å². The van der Waals surface area contributed by atoms with E-state index in [1.54, 1.807) is 0 Å². The van der Waals surface area contributed by atoms with Crippen LogP contribution < -0.4 is 5.32 Å². The van der Waals surface area contributed by atoms with Crippen molar-refractivity contribution in [3.8, 4) is 0 Å². The summed E-state index contributed by atoms with van der Waals surface area (Å²) >= 11 is 0. The molecule has 5 heteroatoms. The number of hydrogen-bond acceptors (Lipinski definition) is 4. The number of hydrogen-bond donors (Lipinski definition) is 3. The van der Waals surface area contributed by atoms with Crippen LogP contribution in [0.25, 0.3) is 0 Å². The van der Waals surface area contributed by atoms with Crippen LogP contribution in [0.2, 0.25) is 0 Å². The van der Waals surface area contributed by atoms with Crippen LogP contribution >= 0.6 is 0 Å². The predicted octanol–water partition coefficient (Wildman–Crippen LogP) is -0.812. The number of amides is 1. The molecule has 2 aliphatic heterocycles. The molecule has 5 nitrogen and oxygen atoms in total. The first-order valence-electron chi connectivity index (χ1n) is 6.33. The monoisotopic (exact) mass is 242 g/mol. The summed E-state index contributed by atoms with van der Waals surface area (Å²) in [7, 11) is 0. The number of nitrogens with one attached hydrogen (secondary N) is 1. The molecule has 2 saturated heterocycles. The Morgan fingerprint density at radius 2 is 2.18 bits per heavy atom. The average Bonchev–Trinajstić information content (AvgIpc) is 2.72. The Labute approximate surface area is 102 Å². The van der Waals surface area contributed by atoms with Gasteiger partial charge in [0.25, 0.3) is 0 Å². The van der Waals surface area contributed by atoms with E-state index in [0.717, 1.165) is 19.4 Å². The number of rotatable bonds is 4. The SMILES string of the molecule is CC(CO)(CO)CN1CCCC2C(=O)NCC21. The number of aliphatic hydroxyl groups excluding tert-OH is 2. The molecular formula is C12H22N2O3. The summed E-state index contributed by atoms with van der Waals surface area (Å²) in [6, 6.07) is 0.244. The third-order valence-electron chi connectivity index (χ3n) is 4.06. The Kier molecular flexibility index (Phi) is 3.70. The second kappa shape index (κ2) is 4.92. The number of likely N-dealkylation sites (tertiary alicyclic amines) is 1. The Hall–Kier alpha value is -0.650. The molecule has 98 valence electrons. The van der Waals surface area contributed by atoms with Crippen molar-refractivity contribution in [3.05, 3.63) is 0 Å². The standard InChI is InChI=1S/C12H22N2O3/c1-12(7-15,8-16)6-14-4-2-3-9-10(14)5-13-11(9)17/h9-10,15-16H,2-8H2,1H3,(H,13,17). The molecule has 17 heavy (non-hydrogen) atoms. The van der Waals surface area contributed by atoms with E-state index in [1.807, 2.05) is 6.92 Å². The summed E-state index contributed by atoms with van der Waals surface area (Å²) in [6.45, 7) is 4.12. The molecule has 0 aromatic carbocycles. The van der Waals surface area contributed by atoms with Gasteiger partial charge in [-0.15, -0.1) is 0 Å². The van der Waals surface area contributed by atoms with Crippen molar-refractivity contribution in [1.82, 2.24) is 10.2 Å². The zero-order chi connectivity index (χ0) is 12.5. The van der Waals surface area contributed by atoms with E-state index in [9.17, 15) is 15.0 Å². The van der Waals surface area contributed by atoms with Gasteiger partial charge in [0.1, 0.15) is 0 Å². The maximum Gasteiger partial charge on any atom is 0.224 e. The molecule has 0 aromatic rings. The van der Waals surface area contributed by atoms with Crippen LogP contribution in [0.3, 0.4) is 0 Å². The Bertz CT molecular complexity index is 291. The van der Waals surface area contributed by atoms with Gasteiger partial charge in [-0.25, -0.2) is 0 Å². The summed E-state index contributed by atoms with van der Waals surface area (Å²) in [5.41, 5.74) is -0.479. The molecule has 0 aliphatic carbocycles. The first-order valence-corrected chi connectivity index (χ1v) is 6.33. The van der Waals surface area contributed by atoms with Crippen LogP contribution in [0.15, 0.2) is 0 Å². The molecule has 2 unspecified atom stereocenters. The van der Waals surface area contributed by atoms with E-state index in [2.05, 4.69) is 10.2 Å². The fraction of sp³-hybridized carbons (Fsp3) is 0.917. The van der Waals surface area contributed by atoms with Crippen LogP contribution in [0.5, 0.6) is 0 Å². The van der Waals surface area contributed by atoms with Gasteiger partial charge in [0, 0.05) is 24.5 Å². The smallest absolute Gasteiger partial charge is 0.224 e. The highest BCUT2D eigenvalue weighted by Crippen LogP contribution is 2.30. The summed E-state index contributed by atoms with van der Waals surface area (Å²) in [6.07, 6.45) is 1.98. The first kappa shape index (κ1) is 12.8. The fourth-order valence-electron chi connectivity index (χ4n) is 2.88. The molecule has 0 radical (unpaired) electrons. The van der Waals surface area contributed by atoms with Gasteiger partial charge >= 0.3 is 0 Å². The molecule has 0 saturated carbocycles. The van der Waals surface area contributed by atoms with Crippen molar-refractivity contribution in [2.75, 3.05) is 32.8 Å². The quantitative estimate of drug-likeness (QED) is 0.603. The van der Waals surface area contributed by atoms with Gasteiger partial charge in [-0.3, -0.25) is 9.69 Å². The van der Waals surface area contributed by atoms with Crippen LogP contribution in [0.1, 0.15) is 19.8 Å².